The maximum Gasteiger partial charge on any atom is 0.416 e. The average molecular weight is 564 g/mol. The normalized spacial score (nSPS) is 20.2. The zero-order valence-electron chi connectivity index (χ0n) is 16.8. The Morgan fingerprint density at radius 2 is 1.55 bits per heavy atom. The van der Waals surface area contributed by atoms with Gasteiger partial charge in [-0.3, -0.25) is 4.90 Å². The molecule has 4 rings (SSSR count). The topological polar surface area (TPSA) is 40.6 Å². The largest absolute Gasteiger partial charge is 0.416 e. The highest BCUT2D eigenvalue weighted by Gasteiger charge is 2.44. The monoisotopic (exact) mass is 564 g/mol. The van der Waals surface area contributed by atoms with Crippen LogP contribution in [0.4, 0.5) is 13.2 Å². The molecular formula is C22H24F3IN2O2S. The maximum atomic E-state index is 13.4. The first kappa shape index (κ1) is 23.0. The summed E-state index contributed by atoms with van der Waals surface area (Å²) in [5.41, 5.74) is 0.270. The summed E-state index contributed by atoms with van der Waals surface area (Å²) in [6.07, 6.45) is -1.72. The Morgan fingerprint density at radius 1 is 0.935 bits per heavy atom. The van der Waals surface area contributed by atoms with Crippen molar-refractivity contribution in [2.45, 2.75) is 52.9 Å². The Labute approximate surface area is 194 Å². The van der Waals surface area contributed by atoms with Gasteiger partial charge >= 0.3 is 6.18 Å². The van der Waals surface area contributed by atoms with Gasteiger partial charge in [-0.1, -0.05) is 59.0 Å². The van der Waals surface area contributed by atoms with Crippen molar-refractivity contribution in [1.29, 1.82) is 0 Å². The van der Waals surface area contributed by atoms with E-state index in [1.54, 1.807) is 0 Å². The number of halogens is 4. The van der Waals surface area contributed by atoms with Gasteiger partial charge in [-0.2, -0.15) is 17.5 Å². The number of piperidine rings is 1. The summed E-state index contributed by atoms with van der Waals surface area (Å²) >= 11 is 2.40. The third-order valence-electron chi connectivity index (χ3n) is 5.90. The minimum Gasteiger partial charge on any atom is -0.288 e. The van der Waals surface area contributed by atoms with Gasteiger partial charge in [-0.15, -0.1) is 0 Å². The number of benzene rings is 2. The molecule has 2 aromatic carbocycles. The lowest BCUT2D eigenvalue weighted by Gasteiger charge is -2.39. The first-order valence-corrected chi connectivity index (χ1v) is 13.0. The van der Waals surface area contributed by atoms with Crippen molar-refractivity contribution in [3.05, 3.63) is 65.7 Å². The molecule has 0 amide bonds. The van der Waals surface area contributed by atoms with Crippen molar-refractivity contribution in [1.82, 2.24) is 9.21 Å². The predicted molar refractivity (Wildman–Crippen MR) is 121 cm³/mol. The molecule has 1 unspecified atom stereocenters. The van der Waals surface area contributed by atoms with Crippen LogP contribution in [0.3, 0.4) is 0 Å². The summed E-state index contributed by atoms with van der Waals surface area (Å²) in [6.45, 7) is 1.49. The molecule has 9 heteroatoms. The van der Waals surface area contributed by atoms with E-state index in [4.69, 9.17) is 0 Å². The van der Waals surface area contributed by atoms with E-state index < -0.39 is 21.8 Å². The molecule has 2 fully saturated rings. The molecule has 1 aliphatic carbocycles. The maximum absolute atomic E-state index is 13.4. The molecule has 0 radical (unpaired) electrons. The summed E-state index contributed by atoms with van der Waals surface area (Å²) < 4.78 is 67.8. The lowest BCUT2D eigenvalue weighted by molar-refractivity contribution is -0.137. The average Bonchev–Trinajstić information content (AvgIpc) is 3.59. The molecule has 4 nitrogen and oxygen atoms in total. The van der Waals surface area contributed by atoms with Crippen LogP contribution in [0, 0.1) is 0 Å². The zero-order chi connectivity index (χ0) is 22.2. The first-order chi connectivity index (χ1) is 14.7. The van der Waals surface area contributed by atoms with Crippen LogP contribution in [-0.2, 0) is 16.2 Å². The number of sulfonamides is 1. The molecule has 0 aromatic heterocycles. The van der Waals surface area contributed by atoms with Gasteiger partial charge < -0.3 is 0 Å². The van der Waals surface area contributed by atoms with Gasteiger partial charge in [0.2, 0.25) is 10.0 Å². The van der Waals surface area contributed by atoms with E-state index >= 15 is 0 Å². The SMILES string of the molecule is O=S(=O)(c1cccc(C(F)(F)F)c1)N(C1CC1)C1CCN(C(I)c2ccccc2)CC1. The Bertz CT molecular complexity index is 1000. The van der Waals surface area contributed by atoms with Gasteiger partial charge in [-0.25, -0.2) is 8.42 Å². The minimum absolute atomic E-state index is 0.111. The molecule has 1 heterocycles. The molecule has 1 saturated heterocycles. The number of likely N-dealkylation sites (tertiary alicyclic amines) is 1. The molecule has 31 heavy (non-hydrogen) atoms. The van der Waals surface area contributed by atoms with Gasteiger partial charge in [0.1, 0.15) is 0 Å². The van der Waals surface area contributed by atoms with Crippen molar-refractivity contribution in [2.24, 2.45) is 0 Å². The number of hydrogen-bond acceptors (Lipinski definition) is 3. The van der Waals surface area contributed by atoms with E-state index in [0.29, 0.717) is 12.8 Å². The van der Waals surface area contributed by atoms with Crippen molar-refractivity contribution in [2.75, 3.05) is 13.1 Å². The van der Waals surface area contributed by atoms with Crippen LogP contribution < -0.4 is 0 Å². The second-order valence-corrected chi connectivity index (χ2v) is 11.1. The summed E-state index contributed by atoms with van der Waals surface area (Å²) in [4.78, 5) is 2.06. The zero-order valence-corrected chi connectivity index (χ0v) is 19.8. The van der Waals surface area contributed by atoms with Gasteiger partial charge in [-0.05, 0) is 49.4 Å². The van der Waals surface area contributed by atoms with Crippen LogP contribution in [-0.4, -0.2) is 42.8 Å². The molecular weight excluding hydrogens is 540 g/mol. The Kier molecular flexibility index (Phi) is 6.67. The standard InChI is InChI=1S/C22H24F3IN2O2S/c23-22(24,25)17-7-4-8-20(15-17)31(29,30)28(18-9-10-18)19-11-13-27(14-12-19)21(26)16-5-2-1-3-6-16/h1-8,15,18-19,21H,9-14H2. The number of hydrogen-bond donors (Lipinski definition) is 0. The second-order valence-electron chi connectivity index (χ2n) is 8.11. The molecule has 0 N–H and O–H groups in total. The fourth-order valence-corrected chi connectivity index (χ4v) is 7.11. The van der Waals surface area contributed by atoms with Gasteiger partial charge in [0.25, 0.3) is 0 Å². The third kappa shape index (κ3) is 5.09. The van der Waals surface area contributed by atoms with Gasteiger partial charge in [0.15, 0.2) is 0 Å². The Morgan fingerprint density at radius 3 is 2.13 bits per heavy atom. The van der Waals surface area contributed by atoms with Crippen molar-refractivity contribution < 1.29 is 21.6 Å². The highest BCUT2D eigenvalue weighted by Crippen LogP contribution is 2.39. The van der Waals surface area contributed by atoms with Gasteiger partial charge in [0.05, 0.1) is 14.5 Å². The van der Waals surface area contributed by atoms with Crippen LogP contribution in [0.25, 0.3) is 0 Å². The number of alkyl halides is 4. The summed E-state index contributed by atoms with van der Waals surface area (Å²) in [7, 11) is -4.00. The van der Waals surface area contributed by atoms with E-state index in [-0.39, 0.29) is 21.0 Å². The van der Waals surface area contributed by atoms with Crippen LogP contribution >= 0.6 is 22.6 Å². The number of nitrogens with zero attached hydrogens (tertiary/aromatic N) is 2. The molecule has 1 atom stereocenters. The van der Waals surface area contributed by atoms with Crippen molar-refractivity contribution in [3.63, 3.8) is 0 Å². The molecule has 1 aliphatic heterocycles. The lowest BCUT2D eigenvalue weighted by atomic mass is 10.0. The van der Waals surface area contributed by atoms with Crippen LogP contribution in [0.2, 0.25) is 0 Å². The van der Waals surface area contributed by atoms with Gasteiger partial charge in [0, 0.05) is 25.2 Å². The van der Waals surface area contributed by atoms with E-state index in [2.05, 4.69) is 39.6 Å². The first-order valence-electron chi connectivity index (χ1n) is 10.3. The Hall–Kier alpha value is -1.17. The fourth-order valence-electron chi connectivity index (χ4n) is 4.16. The highest BCUT2D eigenvalue weighted by atomic mass is 127. The molecule has 1 saturated carbocycles. The lowest BCUT2D eigenvalue weighted by Crippen LogP contribution is -2.48. The Balaban J connectivity index is 1.51. The molecule has 2 aromatic rings. The predicted octanol–water partition coefficient (Wildman–Crippen LogP) is 5.46. The second kappa shape index (κ2) is 8.99. The summed E-state index contributed by atoms with van der Waals surface area (Å²) in [5.74, 6) is 0. The van der Waals surface area contributed by atoms with Crippen molar-refractivity contribution in [3.8, 4) is 0 Å². The summed E-state index contributed by atoms with van der Waals surface area (Å²) in [5, 5.41) is 0. The smallest absolute Gasteiger partial charge is 0.288 e. The molecule has 2 aliphatic rings. The summed E-state index contributed by atoms with van der Waals surface area (Å²) in [6, 6.07) is 14.0. The molecule has 0 spiro atoms. The van der Waals surface area contributed by atoms with E-state index in [0.717, 1.165) is 38.1 Å². The van der Waals surface area contributed by atoms with E-state index in [9.17, 15) is 21.6 Å². The number of rotatable bonds is 6. The van der Waals surface area contributed by atoms with Crippen molar-refractivity contribution >= 4 is 32.6 Å². The van der Waals surface area contributed by atoms with Crippen LogP contribution in [0.1, 0.15) is 40.9 Å². The highest BCUT2D eigenvalue weighted by molar-refractivity contribution is 14.1. The quantitative estimate of drug-likeness (QED) is 0.266. The minimum atomic E-state index is -4.58. The van der Waals surface area contributed by atoms with E-state index in [1.165, 1.54) is 22.0 Å². The third-order valence-corrected chi connectivity index (χ3v) is 9.41. The van der Waals surface area contributed by atoms with E-state index in [1.807, 2.05) is 18.2 Å². The molecule has 0 bridgehead atoms. The van der Waals surface area contributed by atoms with Crippen LogP contribution in [0.5, 0.6) is 0 Å². The van der Waals surface area contributed by atoms with Crippen LogP contribution in [0.15, 0.2) is 59.5 Å². The fraction of sp³-hybridized carbons (Fsp3) is 0.455. The molecule has 168 valence electrons.